The van der Waals surface area contributed by atoms with Gasteiger partial charge in [0.1, 0.15) is 12.4 Å². The molecule has 7 heteroatoms. The fourth-order valence-electron chi connectivity index (χ4n) is 3.74. The van der Waals surface area contributed by atoms with Gasteiger partial charge in [0.25, 0.3) is 5.91 Å². The number of anilines is 1. The molecule has 1 saturated heterocycles. The number of rotatable bonds is 2. The third-order valence-electron chi connectivity index (χ3n) is 5.23. The third kappa shape index (κ3) is 2.90. The van der Waals surface area contributed by atoms with Gasteiger partial charge < -0.3 is 19.1 Å². The van der Waals surface area contributed by atoms with Gasteiger partial charge in [-0.05, 0) is 30.3 Å². The number of piperazine rings is 1. The van der Waals surface area contributed by atoms with Gasteiger partial charge in [0.15, 0.2) is 11.5 Å². The number of aromatic nitrogens is 1. The molecule has 0 saturated carbocycles. The molecule has 0 radical (unpaired) electrons. The molecule has 0 atom stereocenters. The molecule has 142 valence electrons. The molecular formula is C21H18ClN3O3. The van der Waals surface area contributed by atoms with Gasteiger partial charge in [-0.15, -0.1) is 0 Å². The Kier molecular flexibility index (Phi) is 4.20. The number of halogens is 1. The van der Waals surface area contributed by atoms with Crippen molar-refractivity contribution in [1.29, 1.82) is 0 Å². The van der Waals surface area contributed by atoms with Gasteiger partial charge in [-0.2, -0.15) is 0 Å². The van der Waals surface area contributed by atoms with Gasteiger partial charge >= 0.3 is 0 Å². The minimum absolute atomic E-state index is 0.112. The van der Waals surface area contributed by atoms with Crippen LogP contribution in [0.1, 0.15) is 16.1 Å². The SMILES string of the molecule is O=C(c1noc2c1COc1ccccc1-2)N1CCN(c2cccc(Cl)c2)CC1. The Morgan fingerprint density at radius 2 is 1.86 bits per heavy atom. The van der Waals surface area contributed by atoms with Crippen molar-refractivity contribution in [2.24, 2.45) is 0 Å². The maximum Gasteiger partial charge on any atom is 0.276 e. The van der Waals surface area contributed by atoms with Gasteiger partial charge in [0.2, 0.25) is 0 Å². The predicted molar refractivity (Wildman–Crippen MR) is 106 cm³/mol. The number of hydrogen-bond donors (Lipinski definition) is 0. The Bertz CT molecular complexity index is 1040. The molecule has 0 spiro atoms. The van der Waals surface area contributed by atoms with Crippen molar-refractivity contribution >= 4 is 23.2 Å². The van der Waals surface area contributed by atoms with Crippen LogP contribution >= 0.6 is 11.6 Å². The van der Waals surface area contributed by atoms with Crippen molar-refractivity contribution in [3.63, 3.8) is 0 Å². The van der Waals surface area contributed by atoms with E-state index < -0.39 is 0 Å². The molecule has 2 aromatic carbocycles. The molecule has 1 fully saturated rings. The van der Waals surface area contributed by atoms with Crippen LogP contribution in [0.15, 0.2) is 53.1 Å². The highest BCUT2D eigenvalue weighted by atomic mass is 35.5. The Morgan fingerprint density at radius 3 is 2.68 bits per heavy atom. The molecule has 28 heavy (non-hydrogen) atoms. The van der Waals surface area contributed by atoms with E-state index in [4.69, 9.17) is 20.9 Å². The lowest BCUT2D eigenvalue weighted by atomic mass is 10.0. The van der Waals surface area contributed by atoms with E-state index in [1.165, 1.54) is 0 Å². The van der Waals surface area contributed by atoms with Crippen LogP contribution in [0.5, 0.6) is 5.75 Å². The molecular weight excluding hydrogens is 378 g/mol. The first-order valence-electron chi connectivity index (χ1n) is 9.21. The lowest BCUT2D eigenvalue weighted by Crippen LogP contribution is -2.49. The van der Waals surface area contributed by atoms with Crippen molar-refractivity contribution in [1.82, 2.24) is 10.1 Å². The van der Waals surface area contributed by atoms with Crippen LogP contribution in [0.25, 0.3) is 11.3 Å². The maximum atomic E-state index is 13.1. The fourth-order valence-corrected chi connectivity index (χ4v) is 3.93. The second kappa shape index (κ2) is 6.87. The van der Waals surface area contributed by atoms with E-state index in [2.05, 4.69) is 10.1 Å². The zero-order chi connectivity index (χ0) is 19.1. The lowest BCUT2D eigenvalue weighted by molar-refractivity contribution is 0.0734. The van der Waals surface area contributed by atoms with Crippen molar-refractivity contribution in [3.05, 3.63) is 64.8 Å². The van der Waals surface area contributed by atoms with Crippen molar-refractivity contribution < 1.29 is 14.1 Å². The topological polar surface area (TPSA) is 58.8 Å². The van der Waals surface area contributed by atoms with E-state index in [1.807, 2.05) is 53.4 Å². The number of hydrogen-bond acceptors (Lipinski definition) is 5. The molecule has 2 aliphatic rings. The summed E-state index contributed by atoms with van der Waals surface area (Å²) < 4.78 is 11.3. The summed E-state index contributed by atoms with van der Waals surface area (Å²) in [6.45, 7) is 3.01. The summed E-state index contributed by atoms with van der Waals surface area (Å²) in [6.07, 6.45) is 0. The lowest BCUT2D eigenvalue weighted by Gasteiger charge is -2.36. The number of benzene rings is 2. The first kappa shape index (κ1) is 17.1. The van der Waals surface area contributed by atoms with Crippen molar-refractivity contribution in [2.45, 2.75) is 6.61 Å². The summed E-state index contributed by atoms with van der Waals surface area (Å²) in [6, 6.07) is 15.4. The zero-order valence-electron chi connectivity index (χ0n) is 15.1. The van der Waals surface area contributed by atoms with Crippen molar-refractivity contribution in [3.8, 4) is 17.1 Å². The summed E-state index contributed by atoms with van der Waals surface area (Å²) in [7, 11) is 0. The molecule has 0 N–H and O–H groups in total. The van der Waals surface area contributed by atoms with Crippen LogP contribution in [0.2, 0.25) is 5.02 Å². The van der Waals surface area contributed by atoms with Crippen molar-refractivity contribution in [2.75, 3.05) is 31.1 Å². The molecule has 0 bridgehead atoms. The van der Waals surface area contributed by atoms with Crippen LogP contribution in [0, 0.1) is 0 Å². The second-order valence-corrected chi connectivity index (χ2v) is 7.32. The minimum Gasteiger partial charge on any atom is -0.488 e. The number of carbonyl (C=O) groups excluding carboxylic acids is 1. The summed E-state index contributed by atoms with van der Waals surface area (Å²) >= 11 is 6.09. The molecule has 3 heterocycles. The molecule has 1 aromatic heterocycles. The largest absolute Gasteiger partial charge is 0.488 e. The summed E-state index contributed by atoms with van der Waals surface area (Å²) in [5, 5.41) is 4.80. The fraction of sp³-hybridized carbons (Fsp3) is 0.238. The molecule has 1 amide bonds. The Labute approximate surface area is 167 Å². The third-order valence-corrected chi connectivity index (χ3v) is 5.47. The van der Waals surface area contributed by atoms with Crippen LogP contribution < -0.4 is 9.64 Å². The van der Waals surface area contributed by atoms with E-state index in [1.54, 1.807) is 0 Å². The summed E-state index contributed by atoms with van der Waals surface area (Å²) in [5.74, 6) is 1.27. The molecule has 0 unspecified atom stereocenters. The number of amides is 1. The normalized spacial score (nSPS) is 15.6. The second-order valence-electron chi connectivity index (χ2n) is 6.88. The number of fused-ring (bicyclic) bond motifs is 3. The highest BCUT2D eigenvalue weighted by Crippen LogP contribution is 2.38. The average Bonchev–Trinajstić information content (AvgIpc) is 3.18. The van der Waals surface area contributed by atoms with Gasteiger partial charge in [-0.1, -0.05) is 35.0 Å². The number of ether oxygens (including phenoxy) is 1. The van der Waals surface area contributed by atoms with E-state index >= 15 is 0 Å². The predicted octanol–water partition coefficient (Wildman–Crippen LogP) is 3.85. The first-order chi connectivity index (χ1) is 13.7. The first-order valence-corrected chi connectivity index (χ1v) is 9.59. The van der Waals surface area contributed by atoms with E-state index in [9.17, 15) is 4.79 Å². The van der Waals surface area contributed by atoms with Crippen LogP contribution in [-0.2, 0) is 6.61 Å². The molecule has 6 nitrogen and oxygen atoms in total. The minimum atomic E-state index is -0.112. The van der Waals surface area contributed by atoms with E-state index in [0.717, 1.165) is 35.7 Å². The van der Waals surface area contributed by atoms with Crippen LogP contribution in [0.3, 0.4) is 0 Å². The van der Waals surface area contributed by atoms with Crippen LogP contribution in [-0.4, -0.2) is 42.1 Å². The number of para-hydroxylation sites is 1. The Balaban J connectivity index is 1.33. The average molecular weight is 396 g/mol. The molecule has 3 aromatic rings. The van der Waals surface area contributed by atoms with Gasteiger partial charge in [-0.3, -0.25) is 4.79 Å². The van der Waals surface area contributed by atoms with E-state index in [0.29, 0.717) is 36.2 Å². The summed E-state index contributed by atoms with van der Waals surface area (Å²) in [5.41, 5.74) is 2.98. The monoisotopic (exact) mass is 395 g/mol. The van der Waals surface area contributed by atoms with Gasteiger partial charge in [0, 0.05) is 36.9 Å². The highest BCUT2D eigenvalue weighted by Gasteiger charge is 2.32. The molecule has 0 aliphatic carbocycles. The summed E-state index contributed by atoms with van der Waals surface area (Å²) in [4.78, 5) is 17.1. The standard InChI is InChI=1S/C21H18ClN3O3/c22-14-4-3-5-15(12-14)24-8-10-25(11-9-24)21(26)19-17-13-27-18-7-2-1-6-16(18)20(17)28-23-19/h1-7,12H,8-11,13H2. The Hall–Kier alpha value is -2.99. The van der Waals surface area contributed by atoms with Gasteiger partial charge in [0.05, 0.1) is 11.1 Å². The van der Waals surface area contributed by atoms with E-state index in [-0.39, 0.29) is 5.91 Å². The quantitative estimate of drug-likeness (QED) is 0.659. The molecule has 2 aliphatic heterocycles. The molecule has 5 rings (SSSR count). The highest BCUT2D eigenvalue weighted by molar-refractivity contribution is 6.30. The van der Waals surface area contributed by atoms with Gasteiger partial charge in [-0.25, -0.2) is 0 Å². The number of carbonyl (C=O) groups is 1. The van der Waals surface area contributed by atoms with Crippen LogP contribution in [0.4, 0.5) is 5.69 Å². The Morgan fingerprint density at radius 1 is 1.04 bits per heavy atom. The smallest absolute Gasteiger partial charge is 0.276 e. The number of nitrogens with zero attached hydrogens (tertiary/aromatic N) is 3. The zero-order valence-corrected chi connectivity index (χ0v) is 15.9. The maximum absolute atomic E-state index is 13.1.